The van der Waals surface area contributed by atoms with Crippen molar-refractivity contribution in [2.75, 3.05) is 13.7 Å². The van der Waals surface area contributed by atoms with Gasteiger partial charge in [0.25, 0.3) is 0 Å². The summed E-state index contributed by atoms with van der Waals surface area (Å²) in [7, 11) is 1.60. The minimum Gasteiger partial charge on any atom is -0.496 e. The molecule has 2 aliphatic carbocycles. The number of halogens is 2. The van der Waals surface area contributed by atoms with Gasteiger partial charge in [0.15, 0.2) is 0 Å². The quantitative estimate of drug-likeness (QED) is 0.804. The minimum absolute atomic E-state index is 0.00283. The predicted octanol–water partition coefficient (Wildman–Crippen LogP) is 4.30. The van der Waals surface area contributed by atoms with E-state index in [1.807, 2.05) is 23.1 Å². The highest BCUT2D eigenvalue weighted by molar-refractivity contribution is 6.30. The molecule has 0 radical (unpaired) electrons. The third-order valence-electron chi connectivity index (χ3n) is 6.53. The summed E-state index contributed by atoms with van der Waals surface area (Å²) in [5, 5.41) is 4.12. The first-order chi connectivity index (χ1) is 13.4. The normalized spacial score (nSPS) is 29.2. The second-order valence-electron chi connectivity index (χ2n) is 8.13. The van der Waals surface area contributed by atoms with Gasteiger partial charge in [0, 0.05) is 35.2 Å². The van der Waals surface area contributed by atoms with E-state index in [1.165, 1.54) is 0 Å². The summed E-state index contributed by atoms with van der Waals surface area (Å²) in [4.78, 5) is 14.5. The number of carbonyl (C=O) groups excluding carboxylic acids is 1. The number of nitrogens with zero attached hydrogens (tertiary/aromatic N) is 1. The fraction of sp³-hybridized carbons (Fsp3) is 0.409. The van der Waals surface area contributed by atoms with Gasteiger partial charge in [0.1, 0.15) is 17.6 Å². The van der Waals surface area contributed by atoms with Gasteiger partial charge in [0.05, 0.1) is 19.1 Å². The van der Waals surface area contributed by atoms with Crippen LogP contribution in [0.2, 0.25) is 5.02 Å². The fourth-order valence-corrected chi connectivity index (χ4v) is 5.30. The highest BCUT2D eigenvalue weighted by Gasteiger charge is 2.60. The Bertz CT molecular complexity index is 963. The van der Waals surface area contributed by atoms with E-state index in [2.05, 4.69) is 5.32 Å². The highest BCUT2D eigenvalue weighted by Crippen LogP contribution is 2.63. The van der Waals surface area contributed by atoms with Crippen molar-refractivity contribution in [1.29, 1.82) is 0 Å². The monoisotopic (exact) mass is 400 g/mol. The van der Waals surface area contributed by atoms with E-state index in [9.17, 15) is 9.18 Å². The number of carbonyl (C=O) groups is 1. The molecule has 2 heterocycles. The molecule has 146 valence electrons. The minimum atomic E-state index is -0.335. The Kier molecular flexibility index (Phi) is 3.89. The van der Waals surface area contributed by atoms with E-state index in [4.69, 9.17) is 16.3 Å². The molecule has 1 spiro atoms. The van der Waals surface area contributed by atoms with Crippen LogP contribution in [-0.4, -0.2) is 30.5 Å². The Morgan fingerprint density at radius 1 is 1.39 bits per heavy atom. The van der Waals surface area contributed by atoms with E-state index in [1.54, 1.807) is 32.3 Å². The first-order valence-electron chi connectivity index (χ1n) is 9.61. The predicted molar refractivity (Wildman–Crippen MR) is 106 cm³/mol. The second kappa shape index (κ2) is 6.11. The molecule has 0 aromatic heterocycles. The first-order valence-corrected chi connectivity index (χ1v) is 9.98. The third kappa shape index (κ3) is 2.45. The molecule has 1 amide bonds. The number of rotatable bonds is 2. The largest absolute Gasteiger partial charge is 0.496 e. The van der Waals surface area contributed by atoms with Crippen LogP contribution in [0, 0.1) is 11.3 Å². The van der Waals surface area contributed by atoms with Crippen LogP contribution in [0.25, 0.3) is 0 Å². The van der Waals surface area contributed by atoms with E-state index >= 15 is 0 Å². The van der Waals surface area contributed by atoms with Gasteiger partial charge in [-0.3, -0.25) is 4.79 Å². The van der Waals surface area contributed by atoms with Crippen LogP contribution < -0.4 is 10.1 Å². The van der Waals surface area contributed by atoms with Crippen molar-refractivity contribution in [1.82, 2.24) is 10.2 Å². The molecule has 0 saturated heterocycles. The van der Waals surface area contributed by atoms with E-state index in [0.29, 0.717) is 17.3 Å². The average Bonchev–Trinajstić information content (AvgIpc) is 3.31. The van der Waals surface area contributed by atoms with Gasteiger partial charge >= 0.3 is 0 Å². The number of hydrogen-bond donors (Lipinski definition) is 1. The summed E-state index contributed by atoms with van der Waals surface area (Å²) >= 11 is 6.16. The molecule has 1 fully saturated rings. The molecule has 1 aromatic carbocycles. The summed E-state index contributed by atoms with van der Waals surface area (Å²) in [6.07, 6.45) is 7.31. The van der Waals surface area contributed by atoms with Gasteiger partial charge in [0.2, 0.25) is 5.91 Å². The average molecular weight is 401 g/mol. The number of ether oxygens (including phenoxy) is 1. The first kappa shape index (κ1) is 17.8. The Balaban J connectivity index is 1.71. The molecule has 0 bridgehead atoms. The lowest BCUT2D eigenvalue weighted by molar-refractivity contribution is -0.132. The van der Waals surface area contributed by atoms with Crippen LogP contribution >= 0.6 is 11.6 Å². The van der Waals surface area contributed by atoms with E-state index in [0.717, 1.165) is 29.7 Å². The summed E-state index contributed by atoms with van der Waals surface area (Å²) < 4.78 is 20.5. The van der Waals surface area contributed by atoms with Crippen LogP contribution in [0.15, 0.2) is 53.5 Å². The molecule has 1 saturated carbocycles. The van der Waals surface area contributed by atoms with Crippen molar-refractivity contribution < 1.29 is 13.9 Å². The molecular formula is C22H22ClFN2O2. The summed E-state index contributed by atoms with van der Waals surface area (Å²) in [5.74, 6) is 0.250. The molecular weight excluding hydrogens is 379 g/mol. The lowest BCUT2D eigenvalue weighted by Crippen LogP contribution is -2.45. The number of nitrogens with one attached hydrogen (secondary N) is 1. The van der Waals surface area contributed by atoms with Gasteiger partial charge in [-0.1, -0.05) is 29.8 Å². The Hall–Kier alpha value is -2.27. The fourth-order valence-electron chi connectivity index (χ4n) is 5.13. The van der Waals surface area contributed by atoms with Crippen molar-refractivity contribution >= 4 is 17.5 Å². The van der Waals surface area contributed by atoms with Crippen LogP contribution in [0.4, 0.5) is 4.39 Å². The standard InChI is InChI=1S/C22H22ClFN2O2/c1-12(27)26-11-22(8-9-22)19-18-15(24)4-3-5-16(18)25-20(19)21(26)14-7-6-13(23)10-17(14)28-2/h3-7,10,16,18,21,25H,8-9,11H2,1-2H3/t16?,18?,21-/m0/s1. The van der Waals surface area contributed by atoms with Crippen LogP contribution in [0.3, 0.4) is 0 Å². The molecule has 4 nitrogen and oxygen atoms in total. The molecule has 2 unspecified atom stereocenters. The van der Waals surface area contributed by atoms with Crippen molar-refractivity contribution in [3.8, 4) is 5.75 Å². The SMILES string of the molecule is COc1cc(Cl)ccc1[C@H]1C2=C(C3C(F)=CC=CC3N2)C2(CC2)CN1C(C)=O. The van der Waals surface area contributed by atoms with Gasteiger partial charge in [-0.05, 0) is 36.6 Å². The molecule has 3 atom stereocenters. The third-order valence-corrected chi connectivity index (χ3v) is 6.77. The molecule has 4 aliphatic rings. The maximum Gasteiger partial charge on any atom is 0.220 e. The Morgan fingerprint density at radius 3 is 2.86 bits per heavy atom. The summed E-state index contributed by atoms with van der Waals surface area (Å²) in [6.45, 7) is 2.21. The second-order valence-corrected chi connectivity index (χ2v) is 8.56. The van der Waals surface area contributed by atoms with Crippen LogP contribution in [-0.2, 0) is 4.79 Å². The number of methoxy groups -OCH3 is 1. The molecule has 5 rings (SSSR count). The smallest absolute Gasteiger partial charge is 0.220 e. The highest BCUT2D eigenvalue weighted by atomic mass is 35.5. The molecule has 28 heavy (non-hydrogen) atoms. The lowest BCUT2D eigenvalue weighted by Gasteiger charge is -2.42. The zero-order valence-electron chi connectivity index (χ0n) is 15.8. The zero-order chi connectivity index (χ0) is 19.6. The van der Waals surface area contributed by atoms with Gasteiger partial charge in [-0.25, -0.2) is 4.39 Å². The van der Waals surface area contributed by atoms with E-state index in [-0.39, 0.29) is 35.2 Å². The van der Waals surface area contributed by atoms with Crippen molar-refractivity contribution in [3.63, 3.8) is 0 Å². The summed E-state index contributed by atoms with van der Waals surface area (Å²) in [5.41, 5.74) is 2.84. The maximum atomic E-state index is 14.9. The van der Waals surface area contributed by atoms with Gasteiger partial charge < -0.3 is 15.0 Å². The van der Waals surface area contributed by atoms with Crippen LogP contribution in [0.5, 0.6) is 5.75 Å². The lowest BCUT2D eigenvalue weighted by atomic mass is 9.76. The number of allylic oxidation sites excluding steroid dienone is 2. The number of hydrogen-bond acceptors (Lipinski definition) is 3. The number of benzene rings is 1. The Morgan fingerprint density at radius 2 is 2.18 bits per heavy atom. The van der Waals surface area contributed by atoms with Crippen molar-refractivity contribution in [3.05, 3.63) is 64.1 Å². The number of fused-ring (bicyclic) bond motifs is 3. The van der Waals surface area contributed by atoms with Crippen molar-refractivity contribution in [2.24, 2.45) is 11.3 Å². The Labute approximate surface area is 168 Å². The molecule has 6 heteroatoms. The molecule has 2 aliphatic heterocycles. The van der Waals surface area contributed by atoms with E-state index < -0.39 is 0 Å². The topological polar surface area (TPSA) is 41.6 Å². The van der Waals surface area contributed by atoms with Gasteiger partial charge in [-0.2, -0.15) is 0 Å². The zero-order valence-corrected chi connectivity index (χ0v) is 16.6. The summed E-state index contributed by atoms with van der Waals surface area (Å²) in [6, 6.07) is 5.03. The molecule has 1 N–H and O–H groups in total. The van der Waals surface area contributed by atoms with Crippen LogP contribution in [0.1, 0.15) is 31.4 Å². The maximum absolute atomic E-state index is 14.9. The number of amides is 1. The van der Waals surface area contributed by atoms with Gasteiger partial charge in [-0.15, -0.1) is 0 Å². The van der Waals surface area contributed by atoms with Crippen molar-refractivity contribution in [2.45, 2.75) is 31.8 Å². The molecule has 1 aromatic rings.